The van der Waals surface area contributed by atoms with Crippen molar-refractivity contribution in [3.05, 3.63) is 66.7 Å². The van der Waals surface area contributed by atoms with E-state index in [1.165, 1.54) is 5.39 Å². The summed E-state index contributed by atoms with van der Waals surface area (Å²) in [6, 6.07) is 22.1. The third-order valence-electron chi connectivity index (χ3n) is 3.96. The summed E-state index contributed by atoms with van der Waals surface area (Å²) in [6.45, 7) is 0. The Morgan fingerprint density at radius 3 is 2.14 bits per heavy atom. The zero-order valence-corrected chi connectivity index (χ0v) is 12.2. The van der Waals surface area contributed by atoms with Crippen LogP contribution in [0.4, 0.5) is 0 Å². The van der Waals surface area contributed by atoms with Gasteiger partial charge in [0.25, 0.3) is 0 Å². The normalized spacial score (nSPS) is 13.0. The zero-order chi connectivity index (χ0) is 14.4. The van der Waals surface area contributed by atoms with Crippen molar-refractivity contribution in [2.75, 3.05) is 0 Å². The van der Waals surface area contributed by atoms with Crippen LogP contribution >= 0.6 is 8.03 Å². The van der Waals surface area contributed by atoms with Crippen LogP contribution in [0.3, 0.4) is 0 Å². The fourth-order valence-electron chi connectivity index (χ4n) is 2.98. The van der Waals surface area contributed by atoms with Crippen molar-refractivity contribution in [1.29, 1.82) is 0 Å². The van der Waals surface area contributed by atoms with Crippen LogP contribution in [0.15, 0.2) is 66.7 Å². The second-order valence-corrected chi connectivity index (χ2v) is 6.34. The van der Waals surface area contributed by atoms with E-state index in [1.54, 1.807) is 6.07 Å². The van der Waals surface area contributed by atoms with Gasteiger partial charge in [-0.1, -0.05) is 48.5 Å². The van der Waals surface area contributed by atoms with Gasteiger partial charge in [-0.15, -0.1) is 0 Å². The molecule has 102 valence electrons. The van der Waals surface area contributed by atoms with Gasteiger partial charge in [0.2, 0.25) is 8.03 Å². The Morgan fingerprint density at radius 1 is 0.714 bits per heavy atom. The van der Waals surface area contributed by atoms with Gasteiger partial charge in [0.1, 0.15) is 0 Å². The molecule has 0 bridgehead atoms. The molecule has 0 radical (unpaired) electrons. The molecule has 3 heteroatoms. The largest absolute Gasteiger partial charge is 0.343 e. The lowest BCUT2D eigenvalue weighted by molar-refractivity contribution is 0.513. The SMILES string of the molecule is O=[PH](O)c1cccc2ccc3cc4ccccc4cc3c12. The third-order valence-corrected chi connectivity index (χ3v) is 4.83. The zero-order valence-electron chi connectivity index (χ0n) is 11.2. The lowest BCUT2D eigenvalue weighted by Crippen LogP contribution is -1.98. The fraction of sp³-hybridized carbons (Fsp3) is 0. The first-order valence-electron chi connectivity index (χ1n) is 6.81. The summed E-state index contributed by atoms with van der Waals surface area (Å²) < 4.78 is 11.7. The smallest absolute Gasteiger partial charge is 0.218 e. The number of rotatable bonds is 1. The van der Waals surface area contributed by atoms with E-state index in [9.17, 15) is 9.46 Å². The minimum absolute atomic E-state index is 0.540. The molecular weight excluding hydrogens is 279 g/mol. The molecule has 0 spiro atoms. The van der Waals surface area contributed by atoms with Crippen molar-refractivity contribution in [3.63, 3.8) is 0 Å². The van der Waals surface area contributed by atoms with Gasteiger partial charge in [0.15, 0.2) is 0 Å². The Hall–Kier alpha value is -2.15. The van der Waals surface area contributed by atoms with Gasteiger partial charge in [-0.05, 0) is 45.1 Å². The van der Waals surface area contributed by atoms with Crippen LogP contribution in [-0.2, 0) is 4.57 Å². The highest BCUT2D eigenvalue weighted by molar-refractivity contribution is 7.48. The van der Waals surface area contributed by atoms with E-state index >= 15 is 0 Å². The Kier molecular flexibility index (Phi) is 2.81. The van der Waals surface area contributed by atoms with E-state index in [2.05, 4.69) is 30.3 Å². The molecule has 0 aliphatic heterocycles. The summed E-state index contributed by atoms with van der Waals surface area (Å²) in [5, 5.41) is 6.89. The first-order chi connectivity index (χ1) is 10.2. The number of fused-ring (bicyclic) bond motifs is 4. The summed E-state index contributed by atoms with van der Waals surface area (Å²) in [5.74, 6) is 0. The second kappa shape index (κ2) is 4.70. The number of hydrogen-bond acceptors (Lipinski definition) is 1. The molecule has 1 unspecified atom stereocenters. The predicted molar refractivity (Wildman–Crippen MR) is 89.8 cm³/mol. The number of hydrogen-bond donors (Lipinski definition) is 1. The fourth-order valence-corrected chi connectivity index (χ4v) is 3.71. The molecule has 0 amide bonds. The maximum absolute atomic E-state index is 11.7. The Labute approximate surface area is 122 Å². The highest BCUT2D eigenvalue weighted by atomic mass is 31.1. The molecule has 1 N–H and O–H groups in total. The van der Waals surface area contributed by atoms with Crippen molar-refractivity contribution in [2.45, 2.75) is 0 Å². The second-order valence-electron chi connectivity index (χ2n) is 5.19. The van der Waals surface area contributed by atoms with Crippen molar-refractivity contribution in [3.8, 4) is 0 Å². The standard InChI is InChI=1S/C18H13O2P/c19-21(20)17-7-3-6-12-8-9-15-10-13-4-1-2-5-14(13)11-16(15)18(12)17/h1-11,21H,(H,19,20). The van der Waals surface area contributed by atoms with Crippen molar-refractivity contribution in [1.82, 2.24) is 0 Å². The van der Waals surface area contributed by atoms with Gasteiger partial charge in [0, 0.05) is 10.7 Å². The maximum Gasteiger partial charge on any atom is 0.218 e. The molecule has 0 fully saturated rings. The van der Waals surface area contributed by atoms with E-state index in [0.29, 0.717) is 5.30 Å². The molecule has 0 saturated carbocycles. The molecule has 0 heterocycles. The number of benzene rings is 4. The summed E-state index contributed by atoms with van der Waals surface area (Å²) >= 11 is 0. The Bertz CT molecular complexity index is 1020. The predicted octanol–water partition coefficient (Wildman–Crippen LogP) is 4.24. The first-order valence-corrected chi connectivity index (χ1v) is 8.17. The van der Waals surface area contributed by atoms with Gasteiger partial charge >= 0.3 is 0 Å². The van der Waals surface area contributed by atoms with E-state index in [0.717, 1.165) is 26.9 Å². The average molecular weight is 292 g/mol. The van der Waals surface area contributed by atoms with E-state index in [1.807, 2.05) is 30.3 Å². The highest BCUT2D eigenvalue weighted by Gasteiger charge is 2.09. The van der Waals surface area contributed by atoms with Crippen LogP contribution < -0.4 is 5.30 Å². The summed E-state index contributed by atoms with van der Waals surface area (Å²) in [6.07, 6.45) is 0. The molecule has 0 saturated heterocycles. The van der Waals surface area contributed by atoms with Gasteiger partial charge in [-0.2, -0.15) is 0 Å². The Morgan fingerprint density at radius 2 is 1.38 bits per heavy atom. The summed E-state index contributed by atoms with van der Waals surface area (Å²) in [7, 11) is -2.73. The molecule has 4 aromatic rings. The van der Waals surface area contributed by atoms with E-state index < -0.39 is 8.03 Å². The van der Waals surface area contributed by atoms with Crippen LogP contribution in [-0.4, -0.2) is 4.89 Å². The van der Waals surface area contributed by atoms with Crippen LogP contribution in [0, 0.1) is 0 Å². The summed E-state index contributed by atoms with van der Waals surface area (Å²) in [5.41, 5.74) is 0. The molecule has 21 heavy (non-hydrogen) atoms. The Balaban J connectivity index is 2.26. The maximum atomic E-state index is 11.7. The van der Waals surface area contributed by atoms with Crippen molar-refractivity contribution < 1.29 is 9.46 Å². The van der Waals surface area contributed by atoms with Gasteiger partial charge in [-0.3, -0.25) is 4.57 Å². The van der Waals surface area contributed by atoms with Crippen LogP contribution in [0.25, 0.3) is 32.3 Å². The van der Waals surface area contributed by atoms with E-state index in [4.69, 9.17) is 0 Å². The van der Waals surface area contributed by atoms with Gasteiger partial charge < -0.3 is 4.89 Å². The highest BCUT2D eigenvalue weighted by Crippen LogP contribution is 2.31. The average Bonchev–Trinajstić information content (AvgIpc) is 2.52. The van der Waals surface area contributed by atoms with E-state index in [-0.39, 0.29) is 0 Å². The lowest BCUT2D eigenvalue weighted by Gasteiger charge is -2.09. The molecule has 4 rings (SSSR count). The monoisotopic (exact) mass is 292 g/mol. The molecule has 0 aliphatic carbocycles. The molecular formula is C18H13O2P. The molecule has 4 aromatic carbocycles. The molecule has 1 atom stereocenters. The van der Waals surface area contributed by atoms with Crippen molar-refractivity contribution >= 4 is 45.6 Å². The molecule has 0 aliphatic rings. The lowest BCUT2D eigenvalue weighted by atomic mass is 9.98. The van der Waals surface area contributed by atoms with Crippen LogP contribution in [0.5, 0.6) is 0 Å². The summed E-state index contributed by atoms with van der Waals surface area (Å²) in [4.78, 5) is 9.64. The van der Waals surface area contributed by atoms with Crippen LogP contribution in [0.2, 0.25) is 0 Å². The van der Waals surface area contributed by atoms with Crippen molar-refractivity contribution in [2.24, 2.45) is 0 Å². The first kappa shape index (κ1) is 12.6. The minimum atomic E-state index is -2.73. The van der Waals surface area contributed by atoms with Gasteiger partial charge in [0.05, 0.1) is 0 Å². The quantitative estimate of drug-likeness (QED) is 0.324. The topological polar surface area (TPSA) is 37.3 Å². The third kappa shape index (κ3) is 1.96. The van der Waals surface area contributed by atoms with Crippen LogP contribution in [0.1, 0.15) is 0 Å². The minimum Gasteiger partial charge on any atom is -0.343 e. The molecule has 2 nitrogen and oxygen atoms in total. The molecule has 0 aromatic heterocycles. The van der Waals surface area contributed by atoms with Gasteiger partial charge in [-0.25, -0.2) is 0 Å².